The molecule has 2 atom stereocenters. The van der Waals surface area contributed by atoms with Crippen molar-refractivity contribution in [3.8, 4) is 0 Å². The van der Waals surface area contributed by atoms with Crippen LogP contribution in [0.2, 0.25) is 0 Å². The fourth-order valence-electron chi connectivity index (χ4n) is 0.679. The minimum Gasteiger partial charge on any atom is -0.350 e. The van der Waals surface area contributed by atoms with Crippen molar-refractivity contribution in [3.63, 3.8) is 0 Å². The van der Waals surface area contributed by atoms with Gasteiger partial charge in [0.2, 0.25) is 0 Å². The maximum absolute atomic E-state index is 5.17. The van der Waals surface area contributed by atoms with Crippen molar-refractivity contribution in [2.24, 2.45) is 0 Å². The molecule has 0 aromatic heterocycles. The number of rotatable bonds is 1. The highest BCUT2D eigenvalue weighted by atomic mass is 16.7. The quantitative estimate of drug-likeness (QED) is 0.472. The van der Waals surface area contributed by atoms with E-state index in [2.05, 4.69) is 6.58 Å². The fourth-order valence-corrected chi connectivity index (χ4v) is 0.679. The normalized spacial score (nSPS) is 37.6. The third-order valence-corrected chi connectivity index (χ3v) is 1.12. The summed E-state index contributed by atoms with van der Waals surface area (Å²) in [6.45, 7) is 6.11. The summed E-state index contributed by atoms with van der Waals surface area (Å²) in [6, 6.07) is 0. The Balaban J connectivity index is 2.32. The zero-order chi connectivity index (χ0) is 5.98. The molecule has 2 unspecified atom stereocenters. The molecule has 0 radical (unpaired) electrons. The largest absolute Gasteiger partial charge is 0.350 e. The highest BCUT2D eigenvalue weighted by Gasteiger charge is 2.18. The first-order valence-corrected chi connectivity index (χ1v) is 2.72. The molecule has 2 nitrogen and oxygen atoms in total. The van der Waals surface area contributed by atoms with Crippen molar-refractivity contribution in [3.05, 3.63) is 12.7 Å². The molecule has 1 fully saturated rings. The van der Waals surface area contributed by atoms with Crippen LogP contribution in [-0.2, 0) is 9.47 Å². The van der Waals surface area contributed by atoms with Gasteiger partial charge in [0, 0.05) is 0 Å². The van der Waals surface area contributed by atoms with Crippen LogP contribution in [0.4, 0.5) is 0 Å². The van der Waals surface area contributed by atoms with Gasteiger partial charge in [-0.2, -0.15) is 0 Å². The van der Waals surface area contributed by atoms with Crippen LogP contribution < -0.4 is 0 Å². The van der Waals surface area contributed by atoms with E-state index in [0.29, 0.717) is 6.61 Å². The minimum absolute atomic E-state index is 0.0435. The molecule has 0 amide bonds. The summed E-state index contributed by atoms with van der Waals surface area (Å²) in [5, 5.41) is 0. The Kier molecular flexibility index (Phi) is 1.65. The summed E-state index contributed by atoms with van der Waals surface area (Å²) in [6.07, 6.45) is 1.83. The molecule has 1 heterocycles. The molecule has 1 rings (SSSR count). The second-order valence-electron chi connectivity index (χ2n) is 1.81. The maximum Gasteiger partial charge on any atom is 0.155 e. The SMILES string of the molecule is C=CC1COC(C)O1. The maximum atomic E-state index is 5.17. The zero-order valence-electron chi connectivity index (χ0n) is 4.96. The van der Waals surface area contributed by atoms with Crippen molar-refractivity contribution < 1.29 is 9.47 Å². The monoisotopic (exact) mass is 114 g/mol. The van der Waals surface area contributed by atoms with E-state index in [9.17, 15) is 0 Å². The van der Waals surface area contributed by atoms with Gasteiger partial charge in [0.05, 0.1) is 6.61 Å². The molecule has 1 aliphatic heterocycles. The molecule has 1 aliphatic rings. The molecule has 0 aromatic carbocycles. The van der Waals surface area contributed by atoms with Crippen molar-refractivity contribution in [2.75, 3.05) is 6.61 Å². The van der Waals surface area contributed by atoms with E-state index in [0.717, 1.165) is 0 Å². The van der Waals surface area contributed by atoms with Crippen LogP contribution in [0.5, 0.6) is 0 Å². The highest BCUT2D eigenvalue weighted by molar-refractivity contribution is 4.82. The molecular formula is C6H10O2. The van der Waals surface area contributed by atoms with Gasteiger partial charge in [-0.3, -0.25) is 0 Å². The van der Waals surface area contributed by atoms with Gasteiger partial charge in [-0.25, -0.2) is 0 Å². The lowest BCUT2D eigenvalue weighted by Crippen LogP contribution is -2.05. The van der Waals surface area contributed by atoms with E-state index in [-0.39, 0.29) is 12.4 Å². The Bertz CT molecular complexity index is 90.5. The summed E-state index contributed by atoms with van der Waals surface area (Å²) in [5.74, 6) is 0. The van der Waals surface area contributed by atoms with Gasteiger partial charge in [-0.05, 0) is 6.92 Å². The van der Waals surface area contributed by atoms with Crippen LogP contribution in [0.3, 0.4) is 0 Å². The molecule has 8 heavy (non-hydrogen) atoms. The third kappa shape index (κ3) is 1.08. The summed E-state index contributed by atoms with van der Waals surface area (Å²) >= 11 is 0. The van der Waals surface area contributed by atoms with Gasteiger partial charge in [-0.15, -0.1) is 6.58 Å². The zero-order valence-corrected chi connectivity index (χ0v) is 4.96. The van der Waals surface area contributed by atoms with Crippen molar-refractivity contribution in [2.45, 2.75) is 19.3 Å². The van der Waals surface area contributed by atoms with Gasteiger partial charge in [-0.1, -0.05) is 6.08 Å². The van der Waals surface area contributed by atoms with Gasteiger partial charge in [0.25, 0.3) is 0 Å². The van der Waals surface area contributed by atoms with Gasteiger partial charge >= 0.3 is 0 Å². The lowest BCUT2D eigenvalue weighted by molar-refractivity contribution is -0.0348. The average Bonchev–Trinajstić information content (AvgIpc) is 2.14. The van der Waals surface area contributed by atoms with Crippen molar-refractivity contribution in [1.82, 2.24) is 0 Å². The first-order valence-electron chi connectivity index (χ1n) is 2.72. The van der Waals surface area contributed by atoms with Crippen LogP contribution in [-0.4, -0.2) is 19.0 Å². The van der Waals surface area contributed by atoms with Crippen LogP contribution in [0.25, 0.3) is 0 Å². The lowest BCUT2D eigenvalue weighted by Gasteiger charge is -1.99. The molecular weight excluding hydrogens is 104 g/mol. The summed E-state index contributed by atoms with van der Waals surface area (Å²) in [7, 11) is 0. The van der Waals surface area contributed by atoms with Gasteiger partial charge in [0.15, 0.2) is 6.29 Å². The van der Waals surface area contributed by atoms with E-state index in [1.165, 1.54) is 0 Å². The molecule has 0 N–H and O–H groups in total. The van der Waals surface area contributed by atoms with E-state index in [4.69, 9.17) is 9.47 Å². The lowest BCUT2D eigenvalue weighted by atomic mass is 10.4. The molecule has 0 bridgehead atoms. The van der Waals surface area contributed by atoms with Gasteiger partial charge < -0.3 is 9.47 Å². The Morgan fingerprint density at radius 1 is 1.75 bits per heavy atom. The predicted octanol–water partition coefficient (Wildman–Crippen LogP) is 0.934. The summed E-state index contributed by atoms with van der Waals surface area (Å²) < 4.78 is 10.2. The first kappa shape index (κ1) is 5.79. The molecule has 46 valence electrons. The van der Waals surface area contributed by atoms with Crippen molar-refractivity contribution >= 4 is 0 Å². The number of hydrogen-bond donors (Lipinski definition) is 0. The predicted molar refractivity (Wildman–Crippen MR) is 30.5 cm³/mol. The molecule has 0 saturated carbocycles. The first-order chi connectivity index (χ1) is 3.83. The van der Waals surface area contributed by atoms with Crippen LogP contribution in [0.1, 0.15) is 6.92 Å². The minimum atomic E-state index is -0.0435. The average molecular weight is 114 g/mol. The third-order valence-electron chi connectivity index (χ3n) is 1.12. The topological polar surface area (TPSA) is 18.5 Å². The van der Waals surface area contributed by atoms with E-state index >= 15 is 0 Å². The highest BCUT2D eigenvalue weighted by Crippen LogP contribution is 2.10. The summed E-state index contributed by atoms with van der Waals surface area (Å²) in [4.78, 5) is 0. The molecule has 0 aromatic rings. The van der Waals surface area contributed by atoms with Crippen molar-refractivity contribution in [1.29, 1.82) is 0 Å². The standard InChI is InChI=1S/C6H10O2/c1-3-6-4-7-5(2)8-6/h3,5-6H,1,4H2,2H3. The van der Waals surface area contributed by atoms with Crippen LogP contribution in [0, 0.1) is 0 Å². The number of hydrogen-bond acceptors (Lipinski definition) is 2. The Labute approximate surface area is 49.1 Å². The molecule has 0 aliphatic carbocycles. The second-order valence-corrected chi connectivity index (χ2v) is 1.81. The smallest absolute Gasteiger partial charge is 0.155 e. The molecule has 1 saturated heterocycles. The van der Waals surface area contributed by atoms with Gasteiger partial charge in [0.1, 0.15) is 6.10 Å². The molecule has 0 spiro atoms. The molecule has 2 heteroatoms. The van der Waals surface area contributed by atoms with Crippen LogP contribution >= 0.6 is 0 Å². The van der Waals surface area contributed by atoms with E-state index in [1.54, 1.807) is 6.08 Å². The fraction of sp³-hybridized carbons (Fsp3) is 0.667. The Morgan fingerprint density at radius 3 is 2.75 bits per heavy atom. The number of ether oxygens (including phenoxy) is 2. The Hall–Kier alpha value is -0.340. The second kappa shape index (κ2) is 2.29. The van der Waals surface area contributed by atoms with E-state index in [1.807, 2.05) is 6.92 Å². The Morgan fingerprint density at radius 2 is 2.50 bits per heavy atom. The van der Waals surface area contributed by atoms with Crippen LogP contribution in [0.15, 0.2) is 12.7 Å². The summed E-state index contributed by atoms with van der Waals surface area (Å²) in [5.41, 5.74) is 0. The van der Waals surface area contributed by atoms with E-state index < -0.39 is 0 Å².